The van der Waals surface area contributed by atoms with Gasteiger partial charge in [-0.25, -0.2) is 4.57 Å². The van der Waals surface area contributed by atoms with Crippen molar-refractivity contribution in [3.8, 4) is 0 Å². The van der Waals surface area contributed by atoms with Crippen molar-refractivity contribution in [3.63, 3.8) is 0 Å². The third-order valence-corrected chi connectivity index (χ3v) is 10.1. The molecule has 0 aliphatic rings. The first kappa shape index (κ1) is 56.4. The predicted molar refractivity (Wildman–Crippen MR) is 251 cm³/mol. The molecule has 0 rings (SSSR count). The average Bonchev–Trinajstić information content (AvgIpc) is 3.19. The van der Waals surface area contributed by atoms with E-state index in [-0.39, 0.29) is 25.8 Å². The zero-order chi connectivity index (χ0) is 43.4. The number of phosphoric acid groups is 1. The zero-order valence-electron chi connectivity index (χ0n) is 38.2. The maximum atomic E-state index is 12.7. The van der Waals surface area contributed by atoms with Crippen molar-refractivity contribution >= 4 is 13.8 Å². The van der Waals surface area contributed by atoms with E-state index >= 15 is 0 Å². The third kappa shape index (κ3) is 46.3. The molecular weight excluding hydrogens is 758 g/mol. The van der Waals surface area contributed by atoms with Gasteiger partial charge in [0.15, 0.2) is 0 Å². The van der Waals surface area contributed by atoms with E-state index in [4.69, 9.17) is 18.5 Å². The highest BCUT2D eigenvalue weighted by atomic mass is 31.2. The molecule has 8 nitrogen and oxygen atoms in total. The van der Waals surface area contributed by atoms with E-state index in [0.29, 0.717) is 24.1 Å². The fourth-order valence-electron chi connectivity index (χ4n) is 5.66. The number of quaternary nitrogens is 1. The second kappa shape index (κ2) is 42.1. The Labute approximate surface area is 362 Å². The summed E-state index contributed by atoms with van der Waals surface area (Å²) in [6.45, 7) is 5.21. The molecule has 338 valence electrons. The maximum Gasteiger partial charge on any atom is 0.472 e. The van der Waals surface area contributed by atoms with Crippen molar-refractivity contribution in [2.24, 2.45) is 0 Å². The first-order valence-electron chi connectivity index (χ1n) is 23.0. The molecule has 0 saturated carbocycles. The summed E-state index contributed by atoms with van der Waals surface area (Å²) in [6, 6.07) is 0. The van der Waals surface area contributed by atoms with Crippen LogP contribution in [0.1, 0.15) is 155 Å². The highest BCUT2D eigenvalue weighted by Crippen LogP contribution is 2.43. The van der Waals surface area contributed by atoms with Crippen molar-refractivity contribution < 1.29 is 37.3 Å². The summed E-state index contributed by atoms with van der Waals surface area (Å²) in [6.07, 6.45) is 57.5. The summed E-state index contributed by atoms with van der Waals surface area (Å²) in [7, 11) is 1.61. The molecule has 2 atom stereocenters. The van der Waals surface area contributed by atoms with Crippen molar-refractivity contribution in [1.29, 1.82) is 0 Å². The Morgan fingerprint density at radius 2 is 0.932 bits per heavy atom. The highest BCUT2D eigenvalue weighted by Gasteiger charge is 2.26. The van der Waals surface area contributed by atoms with Crippen LogP contribution in [0.3, 0.4) is 0 Å². The fraction of sp³-hybridized carbons (Fsp3) is 0.660. The summed E-state index contributed by atoms with van der Waals surface area (Å²) >= 11 is 0. The van der Waals surface area contributed by atoms with Crippen molar-refractivity contribution in [2.75, 3.05) is 54.1 Å². The lowest BCUT2D eigenvalue weighted by Gasteiger charge is -2.24. The van der Waals surface area contributed by atoms with E-state index < -0.39 is 13.9 Å². The van der Waals surface area contributed by atoms with Gasteiger partial charge in [-0.15, -0.1) is 0 Å². The molecule has 0 aliphatic carbocycles. The van der Waals surface area contributed by atoms with Crippen LogP contribution in [0.2, 0.25) is 0 Å². The van der Waals surface area contributed by atoms with Crippen molar-refractivity contribution in [3.05, 3.63) is 97.2 Å². The number of unbranched alkanes of at least 4 members (excludes halogenated alkanes) is 11. The number of allylic oxidation sites excluding steroid dienone is 16. The molecule has 0 aliphatic heterocycles. The van der Waals surface area contributed by atoms with Crippen LogP contribution in [0.5, 0.6) is 0 Å². The average molecular weight is 845 g/mol. The molecule has 0 amide bonds. The number of hydrogen-bond acceptors (Lipinski definition) is 6. The summed E-state index contributed by atoms with van der Waals surface area (Å²) in [4.78, 5) is 22.9. The summed E-state index contributed by atoms with van der Waals surface area (Å²) < 4.78 is 34.9. The van der Waals surface area contributed by atoms with Gasteiger partial charge in [-0.1, -0.05) is 162 Å². The first-order chi connectivity index (χ1) is 28.6. The smallest absolute Gasteiger partial charge is 0.457 e. The lowest BCUT2D eigenvalue weighted by molar-refractivity contribution is -0.870. The summed E-state index contributed by atoms with van der Waals surface area (Å²) in [5.74, 6) is -0.342. The Kier molecular flexibility index (Phi) is 40.3. The van der Waals surface area contributed by atoms with Gasteiger partial charge < -0.3 is 18.9 Å². The van der Waals surface area contributed by atoms with Gasteiger partial charge in [0.1, 0.15) is 19.3 Å². The Morgan fingerprint density at radius 3 is 1.39 bits per heavy atom. The van der Waals surface area contributed by atoms with Gasteiger partial charge in [0, 0.05) is 13.0 Å². The topological polar surface area (TPSA) is 91.3 Å². The second-order valence-corrected chi connectivity index (χ2v) is 17.5. The molecule has 59 heavy (non-hydrogen) atoms. The number of ether oxygens (including phenoxy) is 2. The largest absolute Gasteiger partial charge is 0.472 e. The normalized spacial score (nSPS) is 14.6. The number of phosphoric ester groups is 1. The van der Waals surface area contributed by atoms with E-state index in [1.165, 1.54) is 51.4 Å². The van der Waals surface area contributed by atoms with Gasteiger partial charge in [0.25, 0.3) is 0 Å². The Balaban J connectivity index is 4.25. The molecule has 0 fully saturated rings. The molecule has 0 saturated heterocycles. The molecule has 0 heterocycles. The lowest BCUT2D eigenvalue weighted by atomic mass is 10.0. The maximum absolute atomic E-state index is 12.7. The molecule has 0 radical (unpaired) electrons. The van der Waals surface area contributed by atoms with Gasteiger partial charge in [-0.2, -0.15) is 0 Å². The number of carbonyl (C=O) groups excluding carboxylic acids is 1. The molecule has 0 spiro atoms. The molecular formula is C50H87NO7P+. The predicted octanol–water partition coefficient (Wildman–Crippen LogP) is 13.8. The van der Waals surface area contributed by atoms with Crippen LogP contribution in [0.25, 0.3) is 0 Å². The van der Waals surface area contributed by atoms with Gasteiger partial charge >= 0.3 is 13.8 Å². The molecule has 0 aromatic heterocycles. The second-order valence-electron chi connectivity index (χ2n) is 16.0. The standard InChI is InChI=1S/C50H86NO7P/c1-6-8-10-12-14-16-18-20-22-23-24-25-26-27-28-29-30-31-33-35-37-39-41-43-50(52)58-49(48-57-59(53,54)56-46-44-51(3,4)5)47-55-45-42-40-38-36-34-32-21-19-17-15-13-11-9-7-2/h8-11,14-17,20-22,24-25,32,36,38,49H,6-7,12-13,18-19,23,26-31,33-35,37,39-48H2,1-5H3/p+1/b10-8-,11-9-,16-14-,17-15-,22-20-,25-24-,32-21-,38-36-. The van der Waals surface area contributed by atoms with E-state index in [1.807, 2.05) is 21.1 Å². The quantitative estimate of drug-likeness (QED) is 0.0215. The number of likely N-dealkylation sites (N-methyl/N-ethyl adjacent to an activating group) is 1. The van der Waals surface area contributed by atoms with Crippen LogP contribution in [0.4, 0.5) is 0 Å². The van der Waals surface area contributed by atoms with Crippen LogP contribution in [0, 0.1) is 0 Å². The third-order valence-electron chi connectivity index (χ3n) is 9.14. The number of hydrogen-bond donors (Lipinski definition) is 1. The Hall–Kier alpha value is -2.58. The van der Waals surface area contributed by atoms with Crippen LogP contribution < -0.4 is 0 Å². The number of nitrogens with zero attached hydrogens (tertiary/aromatic N) is 1. The molecule has 9 heteroatoms. The van der Waals surface area contributed by atoms with Crippen LogP contribution in [-0.4, -0.2) is 75.6 Å². The minimum Gasteiger partial charge on any atom is -0.457 e. The zero-order valence-corrected chi connectivity index (χ0v) is 39.1. The monoisotopic (exact) mass is 845 g/mol. The Bertz CT molecular complexity index is 1260. The number of carbonyl (C=O) groups is 1. The Morgan fingerprint density at radius 1 is 0.525 bits per heavy atom. The van der Waals surface area contributed by atoms with Crippen molar-refractivity contribution in [2.45, 2.75) is 161 Å². The van der Waals surface area contributed by atoms with E-state index in [0.717, 1.165) is 83.5 Å². The SMILES string of the molecule is CC/C=C\C/C=C\C/C=C\C/C=C\CCCCCCCCCCCCC(=O)OC(COCCC/C=C\C/C=C\C/C=C\C/C=C\CC)COP(=O)(O)OCC[N+](C)(C)C. The molecule has 1 N–H and O–H groups in total. The van der Waals surface area contributed by atoms with Crippen LogP contribution >= 0.6 is 7.82 Å². The first-order valence-corrected chi connectivity index (χ1v) is 24.5. The van der Waals surface area contributed by atoms with E-state index in [1.54, 1.807) is 0 Å². The molecule has 0 aromatic carbocycles. The van der Waals surface area contributed by atoms with E-state index in [9.17, 15) is 14.3 Å². The molecule has 2 unspecified atom stereocenters. The van der Waals surface area contributed by atoms with E-state index in [2.05, 4.69) is 111 Å². The molecule has 0 bridgehead atoms. The number of esters is 1. The summed E-state index contributed by atoms with van der Waals surface area (Å²) in [5, 5.41) is 0. The van der Waals surface area contributed by atoms with Crippen molar-refractivity contribution in [1.82, 2.24) is 0 Å². The molecule has 0 aromatic rings. The van der Waals surface area contributed by atoms with Gasteiger partial charge in [-0.3, -0.25) is 13.8 Å². The lowest BCUT2D eigenvalue weighted by Crippen LogP contribution is -2.37. The van der Waals surface area contributed by atoms with Gasteiger partial charge in [0.05, 0.1) is 34.4 Å². The minimum absolute atomic E-state index is 0.0722. The van der Waals surface area contributed by atoms with Crippen LogP contribution in [-0.2, 0) is 27.9 Å². The number of rotatable bonds is 41. The fourth-order valence-corrected chi connectivity index (χ4v) is 6.41. The van der Waals surface area contributed by atoms with Gasteiger partial charge in [0.2, 0.25) is 0 Å². The minimum atomic E-state index is -4.30. The van der Waals surface area contributed by atoms with Crippen LogP contribution in [0.15, 0.2) is 97.2 Å². The highest BCUT2D eigenvalue weighted by molar-refractivity contribution is 7.47. The summed E-state index contributed by atoms with van der Waals surface area (Å²) in [5.41, 5.74) is 0. The van der Waals surface area contributed by atoms with Gasteiger partial charge in [-0.05, 0) is 83.5 Å².